The van der Waals surface area contributed by atoms with E-state index in [2.05, 4.69) is 42.6 Å². The van der Waals surface area contributed by atoms with Crippen molar-refractivity contribution in [2.24, 2.45) is 5.92 Å². The zero-order valence-corrected chi connectivity index (χ0v) is 25.7. The number of nitrogens with zero attached hydrogens (tertiary/aromatic N) is 1. The fraction of sp³-hybridized carbons (Fsp3) is 0.600. The van der Waals surface area contributed by atoms with Crippen LogP contribution in [0.4, 0.5) is 4.79 Å². The number of hydrogen-bond acceptors (Lipinski definition) is 4. The molecule has 0 spiro atoms. The molecule has 1 saturated heterocycles. The van der Waals surface area contributed by atoms with E-state index < -0.39 is 11.0 Å². The van der Waals surface area contributed by atoms with Gasteiger partial charge in [-0.3, -0.25) is 4.79 Å². The summed E-state index contributed by atoms with van der Waals surface area (Å²) in [5.41, 5.74) is 1.11. The van der Waals surface area contributed by atoms with Crippen LogP contribution < -0.4 is 10.1 Å². The van der Waals surface area contributed by atoms with Crippen molar-refractivity contribution in [2.75, 3.05) is 6.54 Å². The molecular weight excluding hydrogens is 512 g/mol. The van der Waals surface area contributed by atoms with Crippen LogP contribution in [0.15, 0.2) is 54.6 Å². The lowest BCUT2D eigenvalue weighted by Crippen LogP contribution is -2.63. The summed E-state index contributed by atoms with van der Waals surface area (Å²) in [7, 11) is 0. The lowest BCUT2D eigenvalue weighted by molar-refractivity contribution is -0.128. The first-order valence-corrected chi connectivity index (χ1v) is 15.6. The molecule has 2 bridgehead atoms. The molecule has 2 aromatic rings. The second-order valence-corrected chi connectivity index (χ2v) is 14.0. The lowest BCUT2D eigenvalue weighted by atomic mass is 9.57. The predicted octanol–water partition coefficient (Wildman–Crippen LogP) is 7.15. The second kappa shape index (κ2) is 11.3. The van der Waals surface area contributed by atoms with Gasteiger partial charge in [0.15, 0.2) is 0 Å². The van der Waals surface area contributed by atoms with Gasteiger partial charge in [0.05, 0.1) is 11.5 Å². The van der Waals surface area contributed by atoms with Crippen molar-refractivity contribution >= 4 is 12.0 Å². The zero-order valence-electron chi connectivity index (χ0n) is 25.7. The SMILES string of the molecule is CC(C)Oc1cccc([C@]23C[C@H](NC(=O)C4(c5ccccc5)CCCC4)C[C@H](C2)N(C(=O)OC(C)(C)C)C[C@@H]3C)c1. The highest BCUT2D eigenvalue weighted by atomic mass is 16.6. The number of rotatable bonds is 6. The molecule has 0 radical (unpaired) electrons. The highest BCUT2D eigenvalue weighted by molar-refractivity contribution is 5.89. The Morgan fingerprint density at radius 2 is 1.66 bits per heavy atom. The third-order valence-electron chi connectivity index (χ3n) is 9.58. The van der Waals surface area contributed by atoms with Gasteiger partial charge in [-0.25, -0.2) is 4.79 Å². The summed E-state index contributed by atoms with van der Waals surface area (Å²) >= 11 is 0. The van der Waals surface area contributed by atoms with E-state index in [1.54, 1.807) is 0 Å². The number of benzene rings is 2. The van der Waals surface area contributed by atoms with Gasteiger partial charge in [-0.2, -0.15) is 0 Å². The van der Waals surface area contributed by atoms with Gasteiger partial charge in [0, 0.05) is 24.0 Å². The molecule has 1 heterocycles. The highest BCUT2D eigenvalue weighted by Crippen LogP contribution is 2.51. The van der Waals surface area contributed by atoms with Crippen molar-refractivity contribution in [3.8, 4) is 5.75 Å². The van der Waals surface area contributed by atoms with E-state index in [-0.39, 0.29) is 41.5 Å². The van der Waals surface area contributed by atoms with Crippen molar-refractivity contribution < 1.29 is 19.1 Å². The van der Waals surface area contributed by atoms with Crippen molar-refractivity contribution in [1.29, 1.82) is 0 Å². The zero-order chi connectivity index (χ0) is 29.4. The average molecular weight is 561 g/mol. The molecule has 1 N–H and O–H groups in total. The number of hydrogen-bond donors (Lipinski definition) is 1. The minimum atomic E-state index is -0.565. The van der Waals surface area contributed by atoms with E-state index in [1.807, 2.05) is 63.8 Å². The number of fused-ring (bicyclic) bond motifs is 2. The van der Waals surface area contributed by atoms with Crippen molar-refractivity contribution in [3.05, 3.63) is 65.7 Å². The summed E-state index contributed by atoms with van der Waals surface area (Å²) in [6, 6.07) is 18.7. The van der Waals surface area contributed by atoms with E-state index in [0.29, 0.717) is 6.54 Å². The van der Waals surface area contributed by atoms with Crippen LogP contribution in [0.3, 0.4) is 0 Å². The van der Waals surface area contributed by atoms with Gasteiger partial charge in [0.25, 0.3) is 0 Å². The minimum absolute atomic E-state index is 0.0222. The molecule has 3 fully saturated rings. The molecule has 4 atom stereocenters. The summed E-state index contributed by atoms with van der Waals surface area (Å²) < 4.78 is 12.0. The smallest absolute Gasteiger partial charge is 0.410 e. The van der Waals surface area contributed by atoms with Gasteiger partial charge in [0.2, 0.25) is 5.91 Å². The largest absolute Gasteiger partial charge is 0.491 e. The number of ether oxygens (including phenoxy) is 2. The molecule has 3 aliphatic rings. The topological polar surface area (TPSA) is 67.9 Å². The Hall–Kier alpha value is -3.02. The van der Waals surface area contributed by atoms with Crippen LogP contribution in [-0.2, 0) is 20.4 Å². The maximum atomic E-state index is 14.2. The van der Waals surface area contributed by atoms with E-state index in [1.165, 1.54) is 5.56 Å². The maximum Gasteiger partial charge on any atom is 0.410 e. The van der Waals surface area contributed by atoms with Gasteiger partial charge in [-0.1, -0.05) is 62.2 Å². The third kappa shape index (κ3) is 5.98. The van der Waals surface area contributed by atoms with Crippen molar-refractivity contribution in [3.63, 3.8) is 0 Å². The van der Waals surface area contributed by atoms with Crippen LogP contribution in [0.1, 0.15) is 97.6 Å². The summed E-state index contributed by atoms with van der Waals surface area (Å²) in [5.74, 6) is 1.18. The number of carbonyl (C=O) groups excluding carboxylic acids is 2. The molecule has 222 valence electrons. The van der Waals surface area contributed by atoms with Crippen LogP contribution in [0, 0.1) is 5.92 Å². The molecule has 0 aromatic heterocycles. The Morgan fingerprint density at radius 3 is 2.32 bits per heavy atom. The first-order chi connectivity index (χ1) is 19.4. The van der Waals surface area contributed by atoms with E-state index in [4.69, 9.17) is 9.47 Å². The fourth-order valence-electron chi connectivity index (χ4n) is 7.73. The summed E-state index contributed by atoms with van der Waals surface area (Å²) in [6.45, 7) is 12.7. The first kappa shape index (κ1) is 29.5. The van der Waals surface area contributed by atoms with Gasteiger partial charge < -0.3 is 19.7 Å². The van der Waals surface area contributed by atoms with Crippen molar-refractivity contribution in [1.82, 2.24) is 10.2 Å². The van der Waals surface area contributed by atoms with E-state index in [9.17, 15) is 9.59 Å². The lowest BCUT2D eigenvalue weighted by Gasteiger charge is -2.56. The number of nitrogens with one attached hydrogen (secondary N) is 1. The molecule has 2 amide bonds. The Bertz CT molecular complexity index is 1230. The first-order valence-electron chi connectivity index (χ1n) is 15.6. The standard InChI is InChI=1S/C35H48N2O4/c1-24(2)40-30-16-12-15-27(19-30)35-21-28(20-29(22-35)37(23-25(35)3)32(39)41-33(4,5)6)36-31(38)34(17-10-11-18-34)26-13-8-7-9-14-26/h7-9,12-16,19,24-25,28-29H,10-11,17-18,20-23H2,1-6H3,(H,36,38)/t25-,28+,29+,35+/m0/s1. The molecular formula is C35H48N2O4. The molecule has 0 unspecified atom stereocenters. The van der Waals surface area contributed by atoms with Gasteiger partial charge >= 0.3 is 6.09 Å². The molecule has 1 aliphatic heterocycles. The monoisotopic (exact) mass is 560 g/mol. The van der Waals surface area contributed by atoms with Gasteiger partial charge in [-0.05, 0) is 95.9 Å². The van der Waals surface area contributed by atoms with Crippen LogP contribution >= 0.6 is 0 Å². The molecule has 2 aliphatic carbocycles. The third-order valence-corrected chi connectivity index (χ3v) is 9.58. The Morgan fingerprint density at radius 1 is 0.976 bits per heavy atom. The van der Waals surface area contributed by atoms with Crippen LogP contribution in [0.5, 0.6) is 5.75 Å². The molecule has 2 aromatic carbocycles. The number of piperidine rings is 1. The molecule has 2 saturated carbocycles. The quantitative estimate of drug-likeness (QED) is 0.408. The Labute approximate surface area is 246 Å². The Kier molecular flexibility index (Phi) is 8.15. The summed E-state index contributed by atoms with van der Waals surface area (Å²) in [5, 5.41) is 3.55. The van der Waals surface area contributed by atoms with E-state index in [0.717, 1.165) is 56.3 Å². The average Bonchev–Trinajstić information content (AvgIpc) is 3.41. The molecule has 6 heteroatoms. The van der Waals surface area contributed by atoms with Crippen molar-refractivity contribution in [2.45, 2.75) is 121 Å². The van der Waals surface area contributed by atoms with Gasteiger partial charge in [0.1, 0.15) is 11.4 Å². The maximum absolute atomic E-state index is 14.2. The molecule has 41 heavy (non-hydrogen) atoms. The molecule has 5 rings (SSSR count). The summed E-state index contributed by atoms with van der Waals surface area (Å²) in [4.78, 5) is 29.6. The number of amides is 2. The van der Waals surface area contributed by atoms with Crippen LogP contribution in [-0.4, -0.2) is 47.2 Å². The number of likely N-dealkylation sites (tertiary alicyclic amines) is 1. The normalized spacial score (nSPS) is 27.4. The second-order valence-electron chi connectivity index (χ2n) is 14.0. The van der Waals surface area contributed by atoms with Crippen LogP contribution in [0.2, 0.25) is 0 Å². The summed E-state index contributed by atoms with van der Waals surface area (Å²) in [6.07, 6.45) is 6.11. The minimum Gasteiger partial charge on any atom is -0.491 e. The fourth-order valence-corrected chi connectivity index (χ4v) is 7.73. The highest BCUT2D eigenvalue weighted by Gasteiger charge is 2.54. The Balaban J connectivity index is 1.48. The van der Waals surface area contributed by atoms with E-state index >= 15 is 0 Å². The van der Waals surface area contributed by atoms with Gasteiger partial charge in [-0.15, -0.1) is 0 Å². The number of carbonyl (C=O) groups is 2. The predicted molar refractivity (Wildman–Crippen MR) is 162 cm³/mol. The molecule has 6 nitrogen and oxygen atoms in total. The van der Waals surface area contributed by atoms with Crippen LogP contribution in [0.25, 0.3) is 0 Å².